The van der Waals surface area contributed by atoms with Gasteiger partial charge in [-0.1, -0.05) is 33.5 Å². The zero-order valence-corrected chi connectivity index (χ0v) is 10.3. The Morgan fingerprint density at radius 3 is 2.76 bits per heavy atom. The molecule has 1 fully saturated rings. The minimum atomic E-state index is 0.457. The fourth-order valence-corrected chi connectivity index (χ4v) is 1.77. The molecular weight excluding hydrogens is 261 g/mol. The molecule has 0 saturated heterocycles. The molecule has 0 aliphatic heterocycles. The molecule has 0 unspecified atom stereocenters. The van der Waals surface area contributed by atoms with Crippen molar-refractivity contribution in [2.45, 2.75) is 18.9 Å². The van der Waals surface area contributed by atoms with Gasteiger partial charge in [0.1, 0.15) is 5.75 Å². The first kappa shape index (κ1) is 10.9. The Bertz CT molecular complexity index is 551. The lowest BCUT2D eigenvalue weighted by atomic mass is 10.3. The molecule has 0 bridgehead atoms. The number of rotatable bonds is 3. The van der Waals surface area contributed by atoms with Crippen molar-refractivity contribution in [1.29, 1.82) is 0 Å². The third kappa shape index (κ3) is 2.37. The normalized spacial score (nSPS) is 14.9. The number of halogens is 2. The van der Waals surface area contributed by atoms with Gasteiger partial charge in [0.2, 0.25) is 0 Å². The van der Waals surface area contributed by atoms with Crippen LogP contribution in [0.4, 0.5) is 0 Å². The number of nitrogens with zero attached hydrogens (tertiary/aromatic N) is 3. The van der Waals surface area contributed by atoms with Crippen LogP contribution >= 0.6 is 23.2 Å². The highest BCUT2D eigenvalue weighted by atomic mass is 35.5. The lowest BCUT2D eigenvalue weighted by Gasteiger charge is -2.02. The van der Waals surface area contributed by atoms with Crippen LogP contribution in [-0.4, -0.2) is 15.0 Å². The van der Waals surface area contributed by atoms with E-state index in [9.17, 15) is 0 Å². The SMILES string of the molecule is Clc1ccc(Oc2cn(C3CC3)nn2)cc1Cl. The number of aromatic nitrogens is 3. The van der Waals surface area contributed by atoms with E-state index in [0.717, 1.165) is 12.8 Å². The van der Waals surface area contributed by atoms with Crippen molar-refractivity contribution in [1.82, 2.24) is 15.0 Å². The molecule has 1 aliphatic carbocycles. The van der Waals surface area contributed by atoms with Crippen molar-refractivity contribution in [3.63, 3.8) is 0 Å². The Labute approximate surface area is 108 Å². The quantitative estimate of drug-likeness (QED) is 0.853. The molecule has 17 heavy (non-hydrogen) atoms. The Kier molecular flexibility index (Phi) is 2.68. The maximum absolute atomic E-state index is 5.89. The second-order valence-electron chi connectivity index (χ2n) is 3.95. The summed E-state index contributed by atoms with van der Waals surface area (Å²) in [4.78, 5) is 0. The minimum absolute atomic E-state index is 0.457. The van der Waals surface area contributed by atoms with E-state index in [1.165, 1.54) is 0 Å². The third-order valence-electron chi connectivity index (χ3n) is 2.52. The van der Waals surface area contributed by atoms with Crippen LogP contribution in [0.15, 0.2) is 24.4 Å². The van der Waals surface area contributed by atoms with E-state index in [1.54, 1.807) is 24.4 Å². The molecule has 1 aromatic heterocycles. The highest BCUT2D eigenvalue weighted by Crippen LogP contribution is 2.35. The molecule has 0 atom stereocenters. The van der Waals surface area contributed by atoms with Crippen LogP contribution < -0.4 is 4.74 Å². The Morgan fingerprint density at radius 1 is 1.24 bits per heavy atom. The van der Waals surface area contributed by atoms with Gasteiger partial charge in [0.05, 0.1) is 22.3 Å². The third-order valence-corrected chi connectivity index (χ3v) is 3.26. The van der Waals surface area contributed by atoms with Gasteiger partial charge in [-0.3, -0.25) is 0 Å². The Balaban J connectivity index is 1.78. The smallest absolute Gasteiger partial charge is 0.258 e. The molecule has 0 amide bonds. The second-order valence-corrected chi connectivity index (χ2v) is 4.76. The van der Waals surface area contributed by atoms with E-state index in [-0.39, 0.29) is 0 Å². The summed E-state index contributed by atoms with van der Waals surface area (Å²) < 4.78 is 7.36. The van der Waals surface area contributed by atoms with Crippen LogP contribution in [-0.2, 0) is 0 Å². The Hall–Kier alpha value is -1.26. The lowest BCUT2D eigenvalue weighted by molar-refractivity contribution is 0.461. The largest absolute Gasteiger partial charge is 0.436 e. The summed E-state index contributed by atoms with van der Waals surface area (Å²) in [7, 11) is 0. The summed E-state index contributed by atoms with van der Waals surface area (Å²) in [6, 6.07) is 5.57. The van der Waals surface area contributed by atoms with Crippen molar-refractivity contribution in [2.24, 2.45) is 0 Å². The molecule has 88 valence electrons. The van der Waals surface area contributed by atoms with E-state index in [4.69, 9.17) is 27.9 Å². The molecule has 1 saturated carbocycles. The van der Waals surface area contributed by atoms with Crippen LogP contribution in [0.25, 0.3) is 0 Å². The molecule has 0 spiro atoms. The van der Waals surface area contributed by atoms with Crippen molar-refractivity contribution in [2.75, 3.05) is 0 Å². The zero-order chi connectivity index (χ0) is 11.8. The van der Waals surface area contributed by atoms with Gasteiger partial charge in [-0.15, -0.1) is 0 Å². The van der Waals surface area contributed by atoms with Crippen molar-refractivity contribution in [3.05, 3.63) is 34.4 Å². The van der Waals surface area contributed by atoms with E-state index < -0.39 is 0 Å². The molecule has 1 heterocycles. The van der Waals surface area contributed by atoms with E-state index >= 15 is 0 Å². The van der Waals surface area contributed by atoms with E-state index in [1.807, 2.05) is 4.68 Å². The van der Waals surface area contributed by atoms with Gasteiger partial charge in [0.25, 0.3) is 5.88 Å². The first-order chi connectivity index (χ1) is 8.22. The monoisotopic (exact) mass is 269 g/mol. The number of hydrogen-bond donors (Lipinski definition) is 0. The lowest BCUT2D eigenvalue weighted by Crippen LogP contribution is -1.92. The molecule has 0 N–H and O–H groups in total. The average molecular weight is 270 g/mol. The van der Waals surface area contributed by atoms with Crippen molar-refractivity contribution < 1.29 is 4.74 Å². The maximum Gasteiger partial charge on any atom is 0.258 e. The molecular formula is C11H9Cl2N3O. The highest BCUT2D eigenvalue weighted by Gasteiger charge is 2.25. The van der Waals surface area contributed by atoms with Crippen LogP contribution in [0.1, 0.15) is 18.9 Å². The van der Waals surface area contributed by atoms with Crippen LogP contribution in [0.2, 0.25) is 10.0 Å². The summed E-state index contributed by atoms with van der Waals surface area (Å²) in [6.45, 7) is 0. The summed E-state index contributed by atoms with van der Waals surface area (Å²) in [5, 5.41) is 8.89. The molecule has 6 heteroatoms. The van der Waals surface area contributed by atoms with Gasteiger partial charge >= 0.3 is 0 Å². The number of benzene rings is 1. The van der Waals surface area contributed by atoms with Gasteiger partial charge < -0.3 is 4.74 Å². The maximum atomic E-state index is 5.89. The van der Waals surface area contributed by atoms with Gasteiger partial charge in [-0.2, -0.15) is 0 Å². The molecule has 3 rings (SSSR count). The molecule has 2 aromatic rings. The fourth-order valence-electron chi connectivity index (χ4n) is 1.49. The summed E-state index contributed by atoms with van der Waals surface area (Å²) >= 11 is 11.7. The van der Waals surface area contributed by atoms with Crippen LogP contribution in [0.3, 0.4) is 0 Å². The standard InChI is InChI=1S/C11H9Cl2N3O/c12-9-4-3-8(5-10(9)13)17-11-6-16(15-14-11)7-1-2-7/h3-7H,1-2H2. The molecule has 4 nitrogen and oxygen atoms in total. The molecule has 0 radical (unpaired) electrons. The topological polar surface area (TPSA) is 39.9 Å². The van der Waals surface area contributed by atoms with Crippen LogP contribution in [0, 0.1) is 0 Å². The van der Waals surface area contributed by atoms with Crippen molar-refractivity contribution in [3.8, 4) is 11.6 Å². The predicted octanol–water partition coefficient (Wildman–Crippen LogP) is 3.71. The minimum Gasteiger partial charge on any atom is -0.436 e. The van der Waals surface area contributed by atoms with Gasteiger partial charge in [0, 0.05) is 6.07 Å². The molecule has 1 aromatic carbocycles. The second kappa shape index (κ2) is 4.20. The first-order valence-electron chi connectivity index (χ1n) is 5.27. The number of ether oxygens (including phenoxy) is 1. The summed E-state index contributed by atoms with van der Waals surface area (Å²) in [6.07, 6.45) is 4.12. The van der Waals surface area contributed by atoms with E-state index in [0.29, 0.717) is 27.7 Å². The summed E-state index contributed by atoms with van der Waals surface area (Å²) in [5.41, 5.74) is 0. The average Bonchev–Trinajstić information content (AvgIpc) is 3.06. The predicted molar refractivity (Wildman–Crippen MR) is 64.8 cm³/mol. The van der Waals surface area contributed by atoms with Crippen LogP contribution in [0.5, 0.6) is 11.6 Å². The number of hydrogen-bond acceptors (Lipinski definition) is 3. The van der Waals surface area contributed by atoms with Gasteiger partial charge in [-0.05, 0) is 25.0 Å². The van der Waals surface area contributed by atoms with E-state index in [2.05, 4.69) is 10.3 Å². The van der Waals surface area contributed by atoms with Crippen molar-refractivity contribution >= 4 is 23.2 Å². The zero-order valence-electron chi connectivity index (χ0n) is 8.81. The fraction of sp³-hybridized carbons (Fsp3) is 0.273. The van der Waals surface area contributed by atoms with Gasteiger partial charge in [0.15, 0.2) is 0 Å². The Morgan fingerprint density at radius 2 is 2.06 bits per heavy atom. The molecule has 1 aliphatic rings. The highest BCUT2D eigenvalue weighted by molar-refractivity contribution is 6.42. The summed E-state index contributed by atoms with van der Waals surface area (Å²) in [5.74, 6) is 1.07. The van der Waals surface area contributed by atoms with Gasteiger partial charge in [-0.25, -0.2) is 4.68 Å². The first-order valence-corrected chi connectivity index (χ1v) is 6.03.